The predicted molar refractivity (Wildman–Crippen MR) is 86.6 cm³/mol. The second kappa shape index (κ2) is 5.01. The van der Waals surface area contributed by atoms with Gasteiger partial charge in [-0.25, -0.2) is 8.42 Å². The van der Waals surface area contributed by atoms with Crippen molar-refractivity contribution < 1.29 is 32.6 Å². The van der Waals surface area contributed by atoms with Gasteiger partial charge in [0, 0.05) is 12.3 Å². The Balaban J connectivity index is 2.60. The lowest BCUT2D eigenvalue weighted by Crippen LogP contribution is -2.09. The molecule has 11 heteroatoms. The highest BCUT2D eigenvalue weighted by Gasteiger charge is 2.66. The number of nitrogens with two attached hydrogens (primary N) is 1. The van der Waals surface area contributed by atoms with Crippen LogP contribution in [0.1, 0.15) is 5.56 Å². The standard InChI is InChI=1S/C14H14F5NO3S2/c1-9-3-6-13(24(2,21)22)12(7-9)23-10-4-5-11(20)14(8-10)25(15,16,17,18)19/h3-8H,20H2,1-2H3. The van der Waals surface area contributed by atoms with E-state index in [-0.39, 0.29) is 16.7 Å². The summed E-state index contributed by atoms with van der Waals surface area (Å²) >= 11 is 0. The predicted octanol–water partition coefficient (Wildman–Crippen LogP) is 5.43. The highest BCUT2D eigenvalue weighted by atomic mass is 32.5. The lowest BCUT2D eigenvalue weighted by Gasteiger charge is -2.41. The zero-order valence-electron chi connectivity index (χ0n) is 13.0. The van der Waals surface area contributed by atoms with Crippen molar-refractivity contribution in [1.29, 1.82) is 0 Å². The molecule has 0 spiro atoms. The van der Waals surface area contributed by atoms with Crippen LogP contribution in [0.3, 0.4) is 0 Å². The Kier molecular flexibility index (Phi) is 3.87. The van der Waals surface area contributed by atoms with Crippen molar-refractivity contribution in [1.82, 2.24) is 0 Å². The van der Waals surface area contributed by atoms with Gasteiger partial charge in [0.1, 0.15) is 21.3 Å². The molecule has 0 aromatic heterocycles. The van der Waals surface area contributed by atoms with Crippen LogP contribution in [0.2, 0.25) is 0 Å². The number of rotatable bonds is 4. The molecular formula is C14H14F5NO3S2. The summed E-state index contributed by atoms with van der Waals surface area (Å²) in [5.41, 5.74) is 4.45. The molecule has 2 rings (SSSR count). The Morgan fingerprint density at radius 1 is 1.00 bits per heavy atom. The molecule has 0 amide bonds. The fourth-order valence-electron chi connectivity index (χ4n) is 2.04. The van der Waals surface area contributed by atoms with Gasteiger partial charge >= 0.3 is 10.2 Å². The Bertz CT molecular complexity index is 957. The van der Waals surface area contributed by atoms with E-state index >= 15 is 0 Å². The number of anilines is 1. The van der Waals surface area contributed by atoms with Gasteiger partial charge in [-0.2, -0.15) is 0 Å². The first-order chi connectivity index (χ1) is 11.0. The molecule has 2 aromatic carbocycles. The molecule has 0 heterocycles. The molecule has 0 aliphatic heterocycles. The van der Waals surface area contributed by atoms with E-state index in [4.69, 9.17) is 10.5 Å². The van der Waals surface area contributed by atoms with Crippen molar-refractivity contribution in [2.45, 2.75) is 16.7 Å². The summed E-state index contributed by atoms with van der Waals surface area (Å²) in [7, 11) is -13.8. The highest BCUT2D eigenvalue weighted by Crippen LogP contribution is 3.02. The number of sulfone groups is 1. The number of hydrogen-bond acceptors (Lipinski definition) is 4. The van der Waals surface area contributed by atoms with E-state index in [1.54, 1.807) is 6.92 Å². The van der Waals surface area contributed by atoms with Crippen LogP contribution >= 0.6 is 10.2 Å². The molecule has 0 bridgehead atoms. The van der Waals surface area contributed by atoms with Crippen LogP contribution in [0.25, 0.3) is 0 Å². The maximum Gasteiger partial charge on any atom is 0.312 e. The minimum Gasteiger partial charge on any atom is -0.456 e. The minimum absolute atomic E-state index is 0.0608. The van der Waals surface area contributed by atoms with Crippen LogP contribution in [0.5, 0.6) is 11.5 Å². The number of ether oxygens (including phenoxy) is 1. The Morgan fingerprint density at radius 3 is 2.12 bits per heavy atom. The topological polar surface area (TPSA) is 69.4 Å². The number of aryl methyl sites for hydroxylation is 1. The van der Waals surface area contributed by atoms with Gasteiger partial charge in [-0.3, -0.25) is 0 Å². The number of hydrogen-bond donors (Lipinski definition) is 1. The van der Waals surface area contributed by atoms with Crippen LogP contribution in [0.15, 0.2) is 46.2 Å². The molecule has 0 atom stereocenters. The Morgan fingerprint density at radius 2 is 1.60 bits per heavy atom. The molecule has 140 valence electrons. The highest BCUT2D eigenvalue weighted by molar-refractivity contribution is 8.45. The second-order valence-electron chi connectivity index (χ2n) is 5.49. The Labute approximate surface area is 141 Å². The quantitative estimate of drug-likeness (QED) is 0.546. The first kappa shape index (κ1) is 19.3. The van der Waals surface area contributed by atoms with Gasteiger partial charge in [0.05, 0.1) is 5.69 Å². The van der Waals surface area contributed by atoms with Crippen LogP contribution in [-0.2, 0) is 9.84 Å². The van der Waals surface area contributed by atoms with Crippen molar-refractivity contribution >= 4 is 25.7 Å². The van der Waals surface area contributed by atoms with Crippen LogP contribution in [-0.4, -0.2) is 14.7 Å². The van der Waals surface area contributed by atoms with Gasteiger partial charge in [-0.15, -0.1) is 0 Å². The third-order valence-electron chi connectivity index (χ3n) is 3.13. The van der Waals surface area contributed by atoms with Crippen molar-refractivity contribution in [3.8, 4) is 11.5 Å². The number of halogens is 5. The average molecular weight is 403 g/mol. The van der Waals surface area contributed by atoms with Crippen LogP contribution in [0, 0.1) is 6.92 Å². The number of nitrogen functional groups attached to an aromatic ring is 1. The molecule has 0 saturated heterocycles. The summed E-state index contributed by atoms with van der Waals surface area (Å²) in [5, 5.41) is 0. The van der Waals surface area contributed by atoms with Gasteiger partial charge in [0.2, 0.25) is 0 Å². The van der Waals surface area contributed by atoms with Crippen LogP contribution < -0.4 is 10.5 Å². The molecular weight excluding hydrogens is 389 g/mol. The molecule has 0 fully saturated rings. The van der Waals surface area contributed by atoms with Crippen molar-refractivity contribution in [2.24, 2.45) is 0 Å². The lowest BCUT2D eigenvalue weighted by atomic mass is 10.2. The van der Waals surface area contributed by atoms with E-state index in [1.165, 1.54) is 18.2 Å². The maximum absolute atomic E-state index is 13.0. The molecule has 25 heavy (non-hydrogen) atoms. The van der Waals surface area contributed by atoms with E-state index in [1.807, 2.05) is 0 Å². The fourth-order valence-corrected chi connectivity index (χ4v) is 3.67. The minimum atomic E-state index is -10.0. The summed E-state index contributed by atoms with van der Waals surface area (Å²) in [5.74, 6) is -0.895. The summed E-state index contributed by atoms with van der Waals surface area (Å²) in [4.78, 5) is -2.57. The maximum atomic E-state index is 13.0. The molecule has 0 unspecified atom stereocenters. The van der Waals surface area contributed by atoms with Crippen molar-refractivity contribution in [3.05, 3.63) is 42.0 Å². The smallest absolute Gasteiger partial charge is 0.312 e. The summed E-state index contributed by atoms with van der Waals surface area (Å²) < 4.78 is 93.8. The van der Waals surface area contributed by atoms with Gasteiger partial charge in [-0.1, -0.05) is 25.5 Å². The van der Waals surface area contributed by atoms with Gasteiger partial charge < -0.3 is 10.5 Å². The summed E-state index contributed by atoms with van der Waals surface area (Å²) in [6, 6.07) is 5.57. The SMILES string of the molecule is Cc1ccc(S(C)(=O)=O)c(Oc2ccc(N)c(S(F)(F)(F)(F)F)c2)c1. The first-order valence-corrected chi connectivity index (χ1v) is 10.4. The normalized spacial score (nSPS) is 15.3. The van der Waals surface area contributed by atoms with Crippen molar-refractivity contribution in [2.75, 3.05) is 12.0 Å². The average Bonchev–Trinajstić information content (AvgIpc) is 2.36. The number of benzene rings is 2. The van der Waals surface area contributed by atoms with E-state index in [0.29, 0.717) is 11.6 Å². The van der Waals surface area contributed by atoms with E-state index < -0.39 is 36.4 Å². The van der Waals surface area contributed by atoms with E-state index in [2.05, 4.69) is 0 Å². The second-order valence-corrected chi connectivity index (χ2v) is 9.85. The molecule has 0 aliphatic carbocycles. The zero-order chi connectivity index (χ0) is 19.3. The largest absolute Gasteiger partial charge is 0.456 e. The van der Waals surface area contributed by atoms with E-state index in [0.717, 1.165) is 12.3 Å². The molecule has 0 radical (unpaired) electrons. The first-order valence-electron chi connectivity index (χ1n) is 6.59. The van der Waals surface area contributed by atoms with Gasteiger partial charge in [-0.05, 0) is 36.8 Å². The third-order valence-corrected chi connectivity index (χ3v) is 5.45. The van der Waals surface area contributed by atoms with Gasteiger partial charge in [0.15, 0.2) is 9.84 Å². The lowest BCUT2D eigenvalue weighted by molar-refractivity contribution is 0.363. The zero-order valence-corrected chi connectivity index (χ0v) is 14.6. The molecule has 0 aliphatic rings. The monoisotopic (exact) mass is 403 g/mol. The Hall–Kier alpha value is -2.01. The molecule has 2 N–H and O–H groups in total. The van der Waals surface area contributed by atoms with E-state index in [9.17, 15) is 27.8 Å². The summed E-state index contributed by atoms with van der Waals surface area (Å²) in [6.07, 6.45) is 0.883. The molecule has 0 saturated carbocycles. The molecule has 4 nitrogen and oxygen atoms in total. The van der Waals surface area contributed by atoms with Crippen molar-refractivity contribution in [3.63, 3.8) is 0 Å². The van der Waals surface area contributed by atoms with Crippen LogP contribution in [0.4, 0.5) is 25.1 Å². The third kappa shape index (κ3) is 4.54. The molecule has 2 aromatic rings. The van der Waals surface area contributed by atoms with Gasteiger partial charge in [0.25, 0.3) is 0 Å². The fraction of sp³-hybridized carbons (Fsp3) is 0.143. The summed E-state index contributed by atoms with van der Waals surface area (Å²) in [6.45, 7) is 1.60.